The van der Waals surface area contributed by atoms with E-state index in [9.17, 15) is 0 Å². The standard InChI is InChI=1S/C16H26N2O/c17-12-16(18-9-2-1-3-10-19)15-6-4-5-14(11-15)13-7-8-13/h4-6,11,13,16,18-19H,1-3,7-10,12,17H2. The molecule has 3 nitrogen and oxygen atoms in total. The maximum Gasteiger partial charge on any atom is 0.0444 e. The third kappa shape index (κ3) is 4.60. The van der Waals surface area contributed by atoms with E-state index in [4.69, 9.17) is 10.8 Å². The summed E-state index contributed by atoms with van der Waals surface area (Å²) in [4.78, 5) is 0. The van der Waals surface area contributed by atoms with Gasteiger partial charge in [-0.15, -0.1) is 0 Å². The summed E-state index contributed by atoms with van der Waals surface area (Å²) in [6.07, 6.45) is 5.74. The molecule has 19 heavy (non-hydrogen) atoms. The molecule has 0 spiro atoms. The van der Waals surface area contributed by atoms with Gasteiger partial charge in [0.15, 0.2) is 0 Å². The molecule has 1 fully saturated rings. The van der Waals surface area contributed by atoms with Crippen LogP contribution in [0, 0.1) is 0 Å². The van der Waals surface area contributed by atoms with E-state index < -0.39 is 0 Å². The summed E-state index contributed by atoms with van der Waals surface area (Å²) in [5.74, 6) is 0.794. The summed E-state index contributed by atoms with van der Waals surface area (Å²) < 4.78 is 0. The Labute approximate surface area is 116 Å². The maximum atomic E-state index is 8.75. The van der Waals surface area contributed by atoms with Gasteiger partial charge in [-0.1, -0.05) is 24.3 Å². The average Bonchev–Trinajstić information content (AvgIpc) is 3.28. The van der Waals surface area contributed by atoms with Crippen molar-refractivity contribution in [2.24, 2.45) is 5.73 Å². The highest BCUT2D eigenvalue weighted by Crippen LogP contribution is 2.40. The summed E-state index contributed by atoms with van der Waals surface area (Å²) in [5.41, 5.74) is 8.67. The summed E-state index contributed by atoms with van der Waals surface area (Å²) >= 11 is 0. The summed E-state index contributed by atoms with van der Waals surface area (Å²) in [6.45, 7) is 1.90. The van der Waals surface area contributed by atoms with Gasteiger partial charge in [-0.2, -0.15) is 0 Å². The second kappa shape index (κ2) is 7.63. The van der Waals surface area contributed by atoms with Crippen LogP contribution < -0.4 is 11.1 Å². The molecule has 0 amide bonds. The van der Waals surface area contributed by atoms with Crippen LogP contribution in [-0.2, 0) is 0 Å². The van der Waals surface area contributed by atoms with Crippen molar-refractivity contribution in [2.45, 2.75) is 44.1 Å². The molecule has 4 N–H and O–H groups in total. The molecule has 1 unspecified atom stereocenters. The Bertz CT molecular complexity index is 377. The second-order valence-corrected chi connectivity index (χ2v) is 5.47. The Morgan fingerprint density at radius 2 is 2.11 bits per heavy atom. The lowest BCUT2D eigenvalue weighted by Crippen LogP contribution is -2.29. The van der Waals surface area contributed by atoms with Crippen LogP contribution >= 0.6 is 0 Å². The molecule has 0 aliphatic heterocycles. The first-order valence-corrected chi connectivity index (χ1v) is 7.49. The fraction of sp³-hybridized carbons (Fsp3) is 0.625. The van der Waals surface area contributed by atoms with Gasteiger partial charge in [0.05, 0.1) is 0 Å². The molecular weight excluding hydrogens is 236 g/mol. The molecule has 1 aliphatic carbocycles. The molecule has 1 aromatic rings. The van der Waals surface area contributed by atoms with Crippen LogP contribution in [0.1, 0.15) is 55.2 Å². The normalized spacial score (nSPS) is 16.5. The summed E-state index contributed by atoms with van der Waals surface area (Å²) in [7, 11) is 0. The van der Waals surface area contributed by atoms with Gasteiger partial charge in [-0.3, -0.25) is 0 Å². The average molecular weight is 262 g/mol. The number of aliphatic hydroxyl groups is 1. The minimum Gasteiger partial charge on any atom is -0.396 e. The molecule has 0 bridgehead atoms. The van der Waals surface area contributed by atoms with Crippen molar-refractivity contribution in [1.29, 1.82) is 0 Å². The lowest BCUT2D eigenvalue weighted by atomic mass is 10.0. The zero-order valence-corrected chi connectivity index (χ0v) is 11.6. The fourth-order valence-electron chi connectivity index (χ4n) is 2.47. The number of nitrogens with one attached hydrogen (secondary N) is 1. The van der Waals surface area contributed by atoms with Gasteiger partial charge < -0.3 is 16.2 Å². The Balaban J connectivity index is 1.84. The Morgan fingerprint density at radius 1 is 1.26 bits per heavy atom. The number of aliphatic hydroxyl groups excluding tert-OH is 1. The fourth-order valence-corrected chi connectivity index (χ4v) is 2.47. The molecule has 1 aliphatic rings. The van der Waals surface area contributed by atoms with E-state index in [0.717, 1.165) is 31.7 Å². The van der Waals surface area contributed by atoms with Crippen molar-refractivity contribution in [3.05, 3.63) is 35.4 Å². The minimum atomic E-state index is 0.257. The molecule has 0 saturated heterocycles. The molecular formula is C16H26N2O. The maximum absolute atomic E-state index is 8.75. The summed E-state index contributed by atoms with van der Waals surface area (Å²) in [6, 6.07) is 9.13. The van der Waals surface area contributed by atoms with E-state index in [1.165, 1.54) is 24.0 Å². The van der Waals surface area contributed by atoms with Gasteiger partial charge in [-0.25, -0.2) is 0 Å². The largest absolute Gasteiger partial charge is 0.396 e. The first-order valence-electron chi connectivity index (χ1n) is 7.49. The number of benzene rings is 1. The van der Waals surface area contributed by atoms with Crippen molar-refractivity contribution >= 4 is 0 Å². The van der Waals surface area contributed by atoms with Crippen molar-refractivity contribution in [3.8, 4) is 0 Å². The Kier molecular flexibility index (Phi) is 5.83. The highest BCUT2D eigenvalue weighted by Gasteiger charge is 2.23. The highest BCUT2D eigenvalue weighted by atomic mass is 16.2. The molecule has 0 radical (unpaired) electrons. The smallest absolute Gasteiger partial charge is 0.0444 e. The van der Waals surface area contributed by atoms with Crippen LogP contribution in [0.4, 0.5) is 0 Å². The van der Waals surface area contributed by atoms with E-state index in [0.29, 0.717) is 13.2 Å². The molecule has 1 aromatic carbocycles. The molecule has 1 atom stereocenters. The third-order valence-electron chi connectivity index (χ3n) is 3.82. The predicted molar refractivity (Wildman–Crippen MR) is 79.2 cm³/mol. The van der Waals surface area contributed by atoms with Gasteiger partial charge in [0.2, 0.25) is 0 Å². The zero-order chi connectivity index (χ0) is 13.5. The van der Waals surface area contributed by atoms with Gasteiger partial charge in [0.25, 0.3) is 0 Å². The lowest BCUT2D eigenvalue weighted by molar-refractivity contribution is 0.282. The number of hydrogen-bond acceptors (Lipinski definition) is 3. The quantitative estimate of drug-likeness (QED) is 0.599. The minimum absolute atomic E-state index is 0.257. The molecule has 0 aromatic heterocycles. The van der Waals surface area contributed by atoms with E-state index in [1.54, 1.807) is 0 Å². The molecule has 1 saturated carbocycles. The van der Waals surface area contributed by atoms with E-state index in [-0.39, 0.29) is 6.04 Å². The van der Waals surface area contributed by atoms with Crippen LogP contribution in [0.3, 0.4) is 0 Å². The van der Waals surface area contributed by atoms with Gasteiger partial charge in [0.1, 0.15) is 0 Å². The van der Waals surface area contributed by atoms with Crippen molar-refractivity contribution in [1.82, 2.24) is 5.32 Å². The van der Waals surface area contributed by atoms with Crippen LogP contribution in [0.5, 0.6) is 0 Å². The Morgan fingerprint density at radius 3 is 2.79 bits per heavy atom. The number of hydrogen-bond donors (Lipinski definition) is 3. The summed E-state index contributed by atoms with van der Waals surface area (Å²) in [5, 5.41) is 12.3. The number of rotatable bonds is 9. The number of unbranched alkanes of at least 4 members (excludes halogenated alkanes) is 2. The van der Waals surface area contributed by atoms with Crippen molar-refractivity contribution < 1.29 is 5.11 Å². The monoisotopic (exact) mass is 262 g/mol. The topological polar surface area (TPSA) is 58.3 Å². The highest BCUT2D eigenvalue weighted by molar-refractivity contribution is 5.31. The van der Waals surface area contributed by atoms with Gasteiger partial charge in [0, 0.05) is 19.2 Å². The number of nitrogens with two attached hydrogens (primary N) is 1. The van der Waals surface area contributed by atoms with Crippen LogP contribution in [-0.4, -0.2) is 24.8 Å². The van der Waals surface area contributed by atoms with E-state index in [2.05, 4.69) is 29.6 Å². The van der Waals surface area contributed by atoms with Crippen LogP contribution in [0.2, 0.25) is 0 Å². The second-order valence-electron chi connectivity index (χ2n) is 5.47. The first kappa shape index (κ1) is 14.5. The van der Waals surface area contributed by atoms with Crippen molar-refractivity contribution in [2.75, 3.05) is 19.7 Å². The molecule has 2 rings (SSSR count). The SMILES string of the molecule is NCC(NCCCCCO)c1cccc(C2CC2)c1. The van der Waals surface area contributed by atoms with Crippen LogP contribution in [0.25, 0.3) is 0 Å². The molecule has 106 valence electrons. The zero-order valence-electron chi connectivity index (χ0n) is 11.6. The lowest BCUT2D eigenvalue weighted by Gasteiger charge is -2.18. The molecule has 3 heteroatoms. The van der Waals surface area contributed by atoms with E-state index in [1.807, 2.05) is 0 Å². The Hall–Kier alpha value is -0.900. The van der Waals surface area contributed by atoms with E-state index >= 15 is 0 Å². The van der Waals surface area contributed by atoms with Gasteiger partial charge >= 0.3 is 0 Å². The first-order chi connectivity index (χ1) is 9.35. The molecule has 0 heterocycles. The van der Waals surface area contributed by atoms with Crippen LogP contribution in [0.15, 0.2) is 24.3 Å². The predicted octanol–water partition coefficient (Wildman–Crippen LogP) is 2.32. The third-order valence-corrected chi connectivity index (χ3v) is 3.82. The van der Waals surface area contributed by atoms with Crippen molar-refractivity contribution in [3.63, 3.8) is 0 Å². The van der Waals surface area contributed by atoms with Gasteiger partial charge in [-0.05, 0) is 55.7 Å².